The van der Waals surface area contributed by atoms with E-state index in [0.717, 1.165) is 6.07 Å². The van der Waals surface area contributed by atoms with Crippen LogP contribution in [0.2, 0.25) is 0 Å². The van der Waals surface area contributed by atoms with Crippen molar-refractivity contribution < 1.29 is 32.7 Å². The Morgan fingerprint density at radius 1 is 1.32 bits per heavy atom. The van der Waals surface area contributed by atoms with Crippen LogP contribution in [0, 0.1) is 0 Å². The van der Waals surface area contributed by atoms with Crippen LogP contribution in [0.1, 0.15) is 10.5 Å². The van der Waals surface area contributed by atoms with E-state index in [0.29, 0.717) is 0 Å². The normalized spacial score (nSPS) is 15.5. The predicted molar refractivity (Wildman–Crippen MR) is 55.1 cm³/mol. The molecule has 1 aliphatic rings. The molecule has 19 heavy (non-hydrogen) atoms. The van der Waals surface area contributed by atoms with Gasteiger partial charge in [0.15, 0.2) is 23.0 Å². The molecule has 0 bridgehead atoms. The minimum atomic E-state index is -3.76. The number of hydrogen-bond acceptors (Lipinski definition) is 5. The molecule has 2 aromatic rings. The number of alkyl halides is 2. The summed E-state index contributed by atoms with van der Waals surface area (Å²) in [5, 5.41) is 12.0. The van der Waals surface area contributed by atoms with Crippen molar-refractivity contribution in [3.05, 3.63) is 30.0 Å². The number of hydrogen-bond donors (Lipinski definition) is 1. The van der Waals surface area contributed by atoms with E-state index < -0.39 is 12.3 Å². The summed E-state index contributed by atoms with van der Waals surface area (Å²) in [4.78, 5) is 10.7. The summed E-state index contributed by atoms with van der Waals surface area (Å²) in [5.41, 5.74) is -0.201. The van der Waals surface area contributed by atoms with Gasteiger partial charge in [0.1, 0.15) is 0 Å². The van der Waals surface area contributed by atoms with Crippen LogP contribution in [0.3, 0.4) is 0 Å². The van der Waals surface area contributed by atoms with Crippen molar-refractivity contribution in [2.24, 2.45) is 0 Å². The maximum Gasteiger partial charge on any atom is 0.586 e. The first-order valence-electron chi connectivity index (χ1n) is 5.05. The smallest absolute Gasteiger partial charge is 0.476 e. The Morgan fingerprint density at radius 2 is 2.11 bits per heavy atom. The Morgan fingerprint density at radius 3 is 2.79 bits per heavy atom. The first-order valence-corrected chi connectivity index (χ1v) is 5.05. The van der Waals surface area contributed by atoms with Crippen LogP contribution in [0.15, 0.2) is 28.8 Å². The summed E-state index contributed by atoms with van der Waals surface area (Å²) in [5.74, 6) is -1.67. The summed E-state index contributed by atoms with van der Waals surface area (Å²) in [6, 6.07) is 5.28. The number of rotatable bonds is 2. The zero-order chi connectivity index (χ0) is 13.6. The Balaban J connectivity index is 2.07. The van der Waals surface area contributed by atoms with E-state index in [1.54, 1.807) is 0 Å². The highest BCUT2D eigenvalue weighted by molar-refractivity contribution is 5.87. The fourth-order valence-corrected chi connectivity index (χ4v) is 1.67. The number of carbonyl (C=O) groups is 1. The minimum Gasteiger partial charge on any atom is -0.476 e. The average Bonchev–Trinajstić information content (AvgIpc) is 2.90. The highest BCUT2D eigenvalue weighted by Gasteiger charge is 2.45. The SMILES string of the molecule is O=C(O)c1cc(-c2cccc3c2OC(F)(F)O3)on1. The van der Waals surface area contributed by atoms with Gasteiger partial charge in [0.05, 0.1) is 5.56 Å². The Hall–Kier alpha value is -2.64. The quantitative estimate of drug-likeness (QED) is 0.901. The van der Waals surface area contributed by atoms with Crippen LogP contribution in [-0.2, 0) is 0 Å². The Kier molecular flexibility index (Phi) is 2.21. The molecule has 0 radical (unpaired) electrons. The molecule has 8 heteroatoms. The molecule has 0 amide bonds. The standard InChI is InChI=1S/C11H5F2NO5/c12-11(13)17-7-3-1-2-5(9(7)18-11)8-4-6(10(15)16)14-19-8/h1-4H,(H,15,16). The van der Waals surface area contributed by atoms with Crippen LogP contribution in [0.4, 0.5) is 8.78 Å². The van der Waals surface area contributed by atoms with E-state index in [4.69, 9.17) is 9.63 Å². The third-order valence-corrected chi connectivity index (χ3v) is 2.42. The number of aromatic carboxylic acids is 1. The van der Waals surface area contributed by atoms with Crippen LogP contribution in [0.5, 0.6) is 11.5 Å². The van der Waals surface area contributed by atoms with Crippen LogP contribution in [0.25, 0.3) is 11.3 Å². The van der Waals surface area contributed by atoms with Crippen molar-refractivity contribution in [2.45, 2.75) is 6.29 Å². The van der Waals surface area contributed by atoms with E-state index in [-0.39, 0.29) is 28.5 Å². The molecule has 98 valence electrons. The number of fused-ring (bicyclic) bond motifs is 1. The monoisotopic (exact) mass is 269 g/mol. The van der Waals surface area contributed by atoms with Crippen molar-refractivity contribution in [2.75, 3.05) is 0 Å². The fraction of sp³-hybridized carbons (Fsp3) is 0.0909. The van der Waals surface area contributed by atoms with Crippen molar-refractivity contribution >= 4 is 5.97 Å². The average molecular weight is 269 g/mol. The second-order valence-corrected chi connectivity index (χ2v) is 3.68. The van der Waals surface area contributed by atoms with Gasteiger partial charge in [-0.1, -0.05) is 11.2 Å². The lowest BCUT2D eigenvalue weighted by molar-refractivity contribution is -0.286. The summed E-state index contributed by atoms with van der Waals surface area (Å²) in [7, 11) is 0. The van der Waals surface area contributed by atoms with Crippen LogP contribution in [-0.4, -0.2) is 22.5 Å². The zero-order valence-corrected chi connectivity index (χ0v) is 9.09. The maximum absolute atomic E-state index is 13.0. The number of aromatic nitrogens is 1. The van der Waals surface area contributed by atoms with Gasteiger partial charge in [0, 0.05) is 6.07 Å². The van der Waals surface area contributed by atoms with Gasteiger partial charge in [0.2, 0.25) is 0 Å². The molecular weight excluding hydrogens is 264 g/mol. The van der Waals surface area contributed by atoms with Gasteiger partial charge in [-0.25, -0.2) is 4.79 Å². The van der Waals surface area contributed by atoms with Gasteiger partial charge in [-0.15, -0.1) is 8.78 Å². The van der Waals surface area contributed by atoms with Gasteiger partial charge in [0.25, 0.3) is 0 Å². The van der Waals surface area contributed by atoms with Crippen molar-refractivity contribution in [1.29, 1.82) is 0 Å². The summed E-state index contributed by atoms with van der Waals surface area (Å²) in [6.45, 7) is 0. The number of para-hydroxylation sites is 1. The number of halogens is 2. The van der Waals surface area contributed by atoms with Gasteiger partial charge in [-0.2, -0.15) is 0 Å². The Bertz CT molecular complexity index is 667. The topological polar surface area (TPSA) is 81.8 Å². The second-order valence-electron chi connectivity index (χ2n) is 3.68. The molecule has 0 fully saturated rings. The second kappa shape index (κ2) is 3.67. The van der Waals surface area contributed by atoms with Crippen LogP contribution >= 0.6 is 0 Å². The van der Waals surface area contributed by atoms with E-state index in [1.807, 2.05) is 0 Å². The first-order chi connectivity index (χ1) is 8.96. The summed E-state index contributed by atoms with van der Waals surface area (Å²) >= 11 is 0. The minimum absolute atomic E-state index is 0.00412. The molecule has 1 aromatic carbocycles. The summed E-state index contributed by atoms with van der Waals surface area (Å²) < 4.78 is 39.4. The van der Waals surface area contributed by atoms with E-state index in [1.165, 1.54) is 18.2 Å². The predicted octanol–water partition coefficient (Wildman–Crippen LogP) is 2.36. The molecule has 1 aromatic heterocycles. The third kappa shape index (κ3) is 1.86. The molecule has 3 rings (SSSR count). The number of benzene rings is 1. The molecule has 1 aliphatic heterocycles. The molecule has 0 atom stereocenters. The highest BCUT2D eigenvalue weighted by Crippen LogP contribution is 2.46. The Labute approximate surface area is 104 Å². The lowest BCUT2D eigenvalue weighted by Crippen LogP contribution is -2.26. The fourth-order valence-electron chi connectivity index (χ4n) is 1.67. The molecule has 0 saturated carbocycles. The van der Waals surface area contributed by atoms with Gasteiger partial charge in [-0.3, -0.25) is 0 Å². The molecule has 0 saturated heterocycles. The van der Waals surface area contributed by atoms with E-state index >= 15 is 0 Å². The van der Waals surface area contributed by atoms with E-state index in [2.05, 4.69) is 14.6 Å². The van der Waals surface area contributed by atoms with Crippen LogP contribution < -0.4 is 9.47 Å². The van der Waals surface area contributed by atoms with Crippen molar-refractivity contribution in [3.8, 4) is 22.8 Å². The molecule has 6 nitrogen and oxygen atoms in total. The van der Waals surface area contributed by atoms with E-state index in [9.17, 15) is 13.6 Å². The molecule has 2 heterocycles. The largest absolute Gasteiger partial charge is 0.586 e. The van der Waals surface area contributed by atoms with Gasteiger partial charge >= 0.3 is 12.3 Å². The third-order valence-electron chi connectivity index (χ3n) is 2.42. The molecule has 0 unspecified atom stereocenters. The van der Waals surface area contributed by atoms with Gasteiger partial charge in [-0.05, 0) is 12.1 Å². The molecule has 0 aliphatic carbocycles. The molecular formula is C11H5F2NO5. The maximum atomic E-state index is 13.0. The zero-order valence-electron chi connectivity index (χ0n) is 9.09. The van der Waals surface area contributed by atoms with Crippen molar-refractivity contribution in [3.63, 3.8) is 0 Å². The summed E-state index contributed by atoms with van der Waals surface area (Å²) in [6.07, 6.45) is -3.76. The van der Waals surface area contributed by atoms with Crippen molar-refractivity contribution in [1.82, 2.24) is 5.16 Å². The molecule has 0 spiro atoms. The lowest BCUT2D eigenvalue weighted by atomic mass is 10.1. The number of carboxylic acids is 1. The number of carboxylic acid groups (broad SMARTS) is 1. The number of nitrogens with zero attached hydrogens (tertiary/aromatic N) is 1. The van der Waals surface area contributed by atoms with Gasteiger partial charge < -0.3 is 19.1 Å². The first kappa shape index (κ1) is 11.5. The highest BCUT2D eigenvalue weighted by atomic mass is 19.3. The lowest BCUT2D eigenvalue weighted by Gasteiger charge is -2.05. The number of ether oxygens (including phenoxy) is 2. The molecule has 1 N–H and O–H groups in total.